The molecular weight excluding hydrogens is 845 g/mol. The van der Waals surface area contributed by atoms with Crippen molar-refractivity contribution >= 4 is 85.1 Å². The van der Waals surface area contributed by atoms with E-state index in [0.29, 0.717) is 0 Å². The monoisotopic (exact) mass is 865 g/mol. The molecule has 0 bridgehead atoms. The van der Waals surface area contributed by atoms with Gasteiger partial charge in [0.1, 0.15) is 33.2 Å². The third kappa shape index (κ3) is 8.05. The SMILES string of the molecule is Cc1ccc(-c2csc(CC(=O)c3nc4cc(F)ccc4o3)c2C(=O)O)c(F)c1F.O=C(Nc1scc(-c2ccc(Cl)c(F)c2)c1C(=O)O)c1nc2cccc(F)c2o1. The number of oxazole rings is 2. The number of hydrogen-bond acceptors (Lipinski definition) is 10. The number of benzene rings is 4. The highest BCUT2D eigenvalue weighted by molar-refractivity contribution is 7.15. The summed E-state index contributed by atoms with van der Waals surface area (Å²) in [6.45, 7) is 1.39. The lowest BCUT2D eigenvalue weighted by Crippen LogP contribution is -2.13. The zero-order valence-corrected chi connectivity index (χ0v) is 31.9. The van der Waals surface area contributed by atoms with Crippen LogP contribution in [0.25, 0.3) is 44.5 Å². The lowest BCUT2D eigenvalue weighted by atomic mass is 9.99. The molecule has 0 aliphatic heterocycles. The van der Waals surface area contributed by atoms with Crippen LogP contribution in [0.15, 0.2) is 86.3 Å². The molecule has 298 valence electrons. The van der Waals surface area contributed by atoms with Crippen molar-refractivity contribution in [3.05, 3.63) is 145 Å². The van der Waals surface area contributed by atoms with E-state index >= 15 is 0 Å². The number of carboxylic acids is 2. The Morgan fingerprint density at radius 3 is 2.19 bits per heavy atom. The number of anilines is 1. The second-order valence-electron chi connectivity index (χ2n) is 12.4. The number of aromatic nitrogens is 2. The summed E-state index contributed by atoms with van der Waals surface area (Å²) in [5, 5.41) is 24.4. The number of carbonyl (C=O) groups excluding carboxylic acids is 2. The highest BCUT2D eigenvalue weighted by Crippen LogP contribution is 2.38. The lowest BCUT2D eigenvalue weighted by Gasteiger charge is -2.07. The zero-order valence-electron chi connectivity index (χ0n) is 29.5. The van der Waals surface area contributed by atoms with Gasteiger partial charge in [0.05, 0.1) is 17.0 Å². The van der Waals surface area contributed by atoms with Crippen LogP contribution in [-0.2, 0) is 6.42 Å². The van der Waals surface area contributed by atoms with Crippen molar-refractivity contribution < 1.29 is 60.2 Å². The lowest BCUT2D eigenvalue weighted by molar-refractivity contribution is 0.0687. The second kappa shape index (κ2) is 16.2. The minimum Gasteiger partial charge on any atom is -0.478 e. The fraction of sp³-hybridized carbons (Fsp3) is 0.0500. The molecule has 0 aliphatic rings. The van der Waals surface area contributed by atoms with Gasteiger partial charge in [0.25, 0.3) is 11.8 Å². The zero-order chi connectivity index (χ0) is 42.3. The van der Waals surface area contributed by atoms with Gasteiger partial charge in [0, 0.05) is 33.0 Å². The Morgan fingerprint density at radius 2 is 1.47 bits per heavy atom. The molecule has 11 nitrogen and oxygen atoms in total. The number of thiophene rings is 2. The van der Waals surface area contributed by atoms with Crippen LogP contribution in [0, 0.1) is 36.0 Å². The van der Waals surface area contributed by atoms with Crippen LogP contribution in [0.1, 0.15) is 52.5 Å². The number of ketones is 1. The van der Waals surface area contributed by atoms with E-state index in [1.54, 1.807) is 0 Å². The number of fused-ring (bicyclic) bond motifs is 2. The molecule has 0 atom stereocenters. The Hall–Kier alpha value is -6.76. The summed E-state index contributed by atoms with van der Waals surface area (Å²) in [5.74, 6) is -9.04. The van der Waals surface area contributed by atoms with Crippen LogP contribution < -0.4 is 5.32 Å². The average Bonchev–Trinajstić information content (AvgIpc) is 4.00. The fourth-order valence-corrected chi connectivity index (χ4v) is 7.87. The molecule has 0 saturated carbocycles. The van der Waals surface area contributed by atoms with E-state index in [1.807, 2.05) is 0 Å². The fourth-order valence-electron chi connectivity index (χ4n) is 5.76. The van der Waals surface area contributed by atoms with E-state index < -0.39 is 58.6 Å². The molecule has 4 aromatic carbocycles. The van der Waals surface area contributed by atoms with Gasteiger partial charge in [-0.25, -0.2) is 41.5 Å². The van der Waals surface area contributed by atoms with Gasteiger partial charge in [0.15, 0.2) is 28.6 Å². The molecule has 4 aromatic heterocycles. The van der Waals surface area contributed by atoms with Gasteiger partial charge in [0.2, 0.25) is 5.78 Å². The van der Waals surface area contributed by atoms with Gasteiger partial charge in [-0.1, -0.05) is 35.9 Å². The molecule has 0 unspecified atom stereocenters. The summed E-state index contributed by atoms with van der Waals surface area (Å²) >= 11 is 7.53. The van der Waals surface area contributed by atoms with Crippen LogP contribution in [0.4, 0.5) is 27.0 Å². The van der Waals surface area contributed by atoms with E-state index in [1.165, 1.54) is 60.1 Å². The van der Waals surface area contributed by atoms with Crippen molar-refractivity contribution in [1.29, 1.82) is 0 Å². The molecule has 1 amide bonds. The maximum Gasteiger partial charge on any atom is 0.339 e. The minimum atomic E-state index is -1.38. The van der Waals surface area contributed by atoms with E-state index in [-0.39, 0.29) is 88.4 Å². The predicted octanol–water partition coefficient (Wildman–Crippen LogP) is 10.8. The van der Waals surface area contributed by atoms with Crippen LogP contribution in [0.5, 0.6) is 0 Å². The highest BCUT2D eigenvalue weighted by Gasteiger charge is 2.27. The summed E-state index contributed by atoms with van der Waals surface area (Å²) in [7, 11) is 0. The highest BCUT2D eigenvalue weighted by atomic mass is 35.5. The largest absolute Gasteiger partial charge is 0.478 e. The first kappa shape index (κ1) is 40.4. The van der Waals surface area contributed by atoms with Gasteiger partial charge < -0.3 is 24.4 Å². The van der Waals surface area contributed by atoms with Crippen molar-refractivity contribution in [1.82, 2.24) is 9.97 Å². The van der Waals surface area contributed by atoms with E-state index in [2.05, 4.69) is 15.3 Å². The number of nitrogens with one attached hydrogen (secondary N) is 1. The Bertz CT molecular complexity index is 3010. The van der Waals surface area contributed by atoms with E-state index in [0.717, 1.165) is 46.9 Å². The van der Waals surface area contributed by atoms with Gasteiger partial charge in [-0.15, -0.1) is 22.7 Å². The number of para-hydroxylation sites is 1. The molecule has 0 spiro atoms. The number of rotatable bonds is 9. The van der Waals surface area contributed by atoms with Gasteiger partial charge >= 0.3 is 17.8 Å². The number of Topliss-reactive ketones (excluding diaryl/α,β-unsaturated/α-hetero) is 1. The average molecular weight is 866 g/mol. The van der Waals surface area contributed by atoms with Crippen molar-refractivity contribution in [3.8, 4) is 22.3 Å². The molecule has 0 saturated heterocycles. The normalized spacial score (nSPS) is 11.1. The third-order valence-electron chi connectivity index (χ3n) is 8.58. The first-order valence-corrected chi connectivity index (χ1v) is 18.8. The number of carbonyl (C=O) groups is 4. The van der Waals surface area contributed by atoms with E-state index in [4.69, 9.17) is 20.4 Å². The number of amides is 1. The topological polar surface area (TPSA) is 173 Å². The predicted molar refractivity (Wildman–Crippen MR) is 207 cm³/mol. The van der Waals surface area contributed by atoms with Crippen molar-refractivity contribution in [2.75, 3.05) is 5.32 Å². The first-order chi connectivity index (χ1) is 28.1. The molecule has 59 heavy (non-hydrogen) atoms. The van der Waals surface area contributed by atoms with Crippen LogP contribution in [-0.4, -0.2) is 43.8 Å². The minimum absolute atomic E-state index is 0.00409. The second-order valence-corrected chi connectivity index (χ2v) is 14.6. The number of aryl methyl sites for hydroxylation is 1. The maximum atomic E-state index is 14.4. The van der Waals surface area contributed by atoms with Gasteiger partial charge in [-0.3, -0.25) is 9.59 Å². The quantitative estimate of drug-likeness (QED) is 0.0936. The van der Waals surface area contributed by atoms with Crippen molar-refractivity contribution in [3.63, 3.8) is 0 Å². The maximum absolute atomic E-state index is 14.4. The number of aromatic carboxylic acids is 2. The van der Waals surface area contributed by atoms with Crippen LogP contribution in [0.2, 0.25) is 5.02 Å². The Morgan fingerprint density at radius 1 is 0.746 bits per heavy atom. The molecular formula is C40H21ClF5N3O8S2. The molecule has 8 aromatic rings. The molecule has 0 aliphatic carbocycles. The Balaban J connectivity index is 0.000000179. The molecule has 8 rings (SSSR count). The molecule has 4 heterocycles. The summed E-state index contributed by atoms with van der Waals surface area (Å²) in [4.78, 5) is 56.6. The Kier molecular flexibility index (Phi) is 11.1. The number of hydrogen-bond donors (Lipinski definition) is 3. The summed E-state index contributed by atoms with van der Waals surface area (Å²) in [6.07, 6.45) is -0.377. The summed E-state index contributed by atoms with van der Waals surface area (Å²) in [5.41, 5.74) is 0.159. The molecule has 19 heteroatoms. The van der Waals surface area contributed by atoms with Gasteiger partial charge in [-0.2, -0.15) is 0 Å². The Labute approximate surface area is 339 Å². The van der Waals surface area contributed by atoms with Gasteiger partial charge in [-0.05, 0) is 59.8 Å². The molecule has 3 N–H and O–H groups in total. The molecule has 0 fully saturated rings. The van der Waals surface area contributed by atoms with Crippen molar-refractivity contribution in [2.24, 2.45) is 0 Å². The number of carboxylic acid groups (broad SMARTS) is 2. The standard InChI is InChI=1S/C21H12F3NO4S.C19H9ClF2N2O4S/c1-9-2-4-11(19(24)18(9)23)12-8-30-16(17(12)21(27)28)7-14(26)20-25-13-6-10(22)3-5-15(13)29-20;20-10-5-4-8(6-12(10)22)9-7-29-18(14(9)19(26)27)24-16(25)17-23-13-3-1-2-11(21)15(13)28-17/h2-6,8H,7H2,1H3,(H,27,28);1-7H,(H,24,25)(H,26,27). The third-order valence-corrected chi connectivity index (χ3v) is 10.8. The van der Waals surface area contributed by atoms with Crippen molar-refractivity contribution in [2.45, 2.75) is 13.3 Å². The summed E-state index contributed by atoms with van der Waals surface area (Å²) in [6, 6.07) is 14.2. The van der Waals surface area contributed by atoms with Crippen LogP contribution in [0.3, 0.4) is 0 Å². The first-order valence-electron chi connectivity index (χ1n) is 16.7. The number of halogens is 6. The number of nitrogens with zero attached hydrogens (tertiary/aromatic N) is 2. The smallest absolute Gasteiger partial charge is 0.339 e. The van der Waals surface area contributed by atoms with E-state index in [9.17, 15) is 51.3 Å². The van der Waals surface area contributed by atoms with Crippen LogP contribution >= 0.6 is 34.3 Å². The summed E-state index contributed by atoms with van der Waals surface area (Å²) < 4.78 is 79.6. The molecule has 0 radical (unpaired) electrons.